The van der Waals surface area contributed by atoms with Crippen LogP contribution >= 0.6 is 34.4 Å². The number of rotatable bonds is 5. The van der Waals surface area contributed by atoms with Gasteiger partial charge in [-0.05, 0) is 47.6 Å². The standard InChI is InChI=1S/C14H14IN3OS/c1-18-13(10-2-3-10)16-17-14(18)20-8-12(19)9-4-6-11(15)7-5-9/h4-7,10H,2-3,8H2,1H3. The molecular formula is C14H14IN3OS. The lowest BCUT2D eigenvalue weighted by Crippen LogP contribution is -2.04. The number of carbonyl (C=O) groups excluding carboxylic acids is 1. The van der Waals surface area contributed by atoms with Crippen LogP contribution in [0.5, 0.6) is 0 Å². The molecule has 1 heterocycles. The fraction of sp³-hybridized carbons (Fsp3) is 0.357. The molecule has 0 atom stereocenters. The second-order valence-electron chi connectivity index (χ2n) is 4.89. The fourth-order valence-corrected chi connectivity index (χ4v) is 3.17. The Hall–Kier alpha value is -0.890. The molecule has 0 spiro atoms. The van der Waals surface area contributed by atoms with Crippen molar-refractivity contribution in [3.05, 3.63) is 39.2 Å². The van der Waals surface area contributed by atoms with E-state index in [0.717, 1.165) is 20.1 Å². The van der Waals surface area contributed by atoms with Crippen molar-refractivity contribution >= 4 is 40.1 Å². The molecule has 1 aromatic heterocycles. The molecule has 4 nitrogen and oxygen atoms in total. The number of hydrogen-bond acceptors (Lipinski definition) is 4. The third-order valence-electron chi connectivity index (χ3n) is 3.31. The van der Waals surface area contributed by atoms with Gasteiger partial charge >= 0.3 is 0 Å². The molecule has 2 aromatic rings. The molecule has 0 amide bonds. The SMILES string of the molecule is Cn1c(SCC(=O)c2ccc(I)cc2)nnc1C1CC1. The van der Waals surface area contributed by atoms with E-state index in [0.29, 0.717) is 11.7 Å². The van der Waals surface area contributed by atoms with E-state index in [1.54, 1.807) is 0 Å². The highest BCUT2D eigenvalue weighted by molar-refractivity contribution is 14.1. The molecule has 6 heteroatoms. The number of aromatic nitrogens is 3. The van der Waals surface area contributed by atoms with Crippen LogP contribution in [-0.2, 0) is 7.05 Å². The van der Waals surface area contributed by atoms with E-state index >= 15 is 0 Å². The van der Waals surface area contributed by atoms with Crippen LogP contribution in [0.1, 0.15) is 34.9 Å². The van der Waals surface area contributed by atoms with Gasteiger partial charge < -0.3 is 4.57 Å². The largest absolute Gasteiger partial charge is 0.309 e. The Morgan fingerprint density at radius 3 is 2.70 bits per heavy atom. The number of ketones is 1. The average molecular weight is 399 g/mol. The van der Waals surface area contributed by atoms with Crippen molar-refractivity contribution in [1.82, 2.24) is 14.8 Å². The topological polar surface area (TPSA) is 47.8 Å². The lowest BCUT2D eigenvalue weighted by Gasteiger charge is -2.03. The highest BCUT2D eigenvalue weighted by Gasteiger charge is 2.29. The molecule has 0 unspecified atom stereocenters. The van der Waals surface area contributed by atoms with Gasteiger partial charge in [0, 0.05) is 22.1 Å². The Bertz CT molecular complexity index is 634. The summed E-state index contributed by atoms with van der Waals surface area (Å²) >= 11 is 3.69. The summed E-state index contributed by atoms with van der Waals surface area (Å²) in [5, 5.41) is 9.22. The Morgan fingerprint density at radius 1 is 1.35 bits per heavy atom. The zero-order chi connectivity index (χ0) is 14.1. The van der Waals surface area contributed by atoms with Gasteiger partial charge in [-0.2, -0.15) is 0 Å². The first-order valence-corrected chi connectivity index (χ1v) is 8.52. The van der Waals surface area contributed by atoms with E-state index in [1.807, 2.05) is 35.9 Å². The number of nitrogens with zero attached hydrogens (tertiary/aromatic N) is 3. The Balaban J connectivity index is 1.64. The summed E-state index contributed by atoms with van der Waals surface area (Å²) in [5.41, 5.74) is 0.752. The van der Waals surface area contributed by atoms with Crippen molar-refractivity contribution in [1.29, 1.82) is 0 Å². The van der Waals surface area contributed by atoms with Gasteiger partial charge in [0.2, 0.25) is 0 Å². The molecule has 0 aliphatic heterocycles. The van der Waals surface area contributed by atoms with E-state index in [1.165, 1.54) is 24.6 Å². The van der Waals surface area contributed by atoms with E-state index in [4.69, 9.17) is 0 Å². The first-order chi connectivity index (χ1) is 9.65. The number of halogens is 1. The number of benzene rings is 1. The van der Waals surface area contributed by atoms with Crippen LogP contribution in [0, 0.1) is 3.57 Å². The molecule has 1 aliphatic rings. The third kappa shape index (κ3) is 3.06. The van der Waals surface area contributed by atoms with Crippen LogP contribution in [0.4, 0.5) is 0 Å². The minimum atomic E-state index is 0.127. The van der Waals surface area contributed by atoms with Crippen LogP contribution in [0.3, 0.4) is 0 Å². The normalized spacial score (nSPS) is 14.5. The molecule has 0 saturated heterocycles. The predicted octanol–water partition coefficient (Wildman–Crippen LogP) is 3.27. The monoisotopic (exact) mass is 399 g/mol. The number of thioether (sulfide) groups is 1. The van der Waals surface area contributed by atoms with Crippen LogP contribution < -0.4 is 0 Å². The van der Waals surface area contributed by atoms with Crippen molar-refractivity contribution in [3.8, 4) is 0 Å². The van der Waals surface area contributed by atoms with Gasteiger partial charge in [0.05, 0.1) is 5.75 Å². The molecule has 0 N–H and O–H groups in total. The van der Waals surface area contributed by atoms with Crippen LogP contribution in [0.15, 0.2) is 29.4 Å². The van der Waals surface area contributed by atoms with E-state index in [-0.39, 0.29) is 5.78 Å². The minimum Gasteiger partial charge on any atom is -0.309 e. The van der Waals surface area contributed by atoms with Crippen molar-refractivity contribution in [2.24, 2.45) is 7.05 Å². The zero-order valence-electron chi connectivity index (χ0n) is 11.0. The lowest BCUT2D eigenvalue weighted by atomic mass is 10.2. The minimum absolute atomic E-state index is 0.127. The van der Waals surface area contributed by atoms with Gasteiger partial charge in [0.1, 0.15) is 5.82 Å². The van der Waals surface area contributed by atoms with Gasteiger partial charge in [-0.3, -0.25) is 4.79 Å². The summed E-state index contributed by atoms with van der Waals surface area (Å²) in [5.74, 6) is 2.15. The summed E-state index contributed by atoms with van der Waals surface area (Å²) in [4.78, 5) is 12.1. The molecule has 1 aromatic carbocycles. The summed E-state index contributed by atoms with van der Waals surface area (Å²) in [6.45, 7) is 0. The van der Waals surface area contributed by atoms with Gasteiger partial charge in [0.25, 0.3) is 0 Å². The first kappa shape index (κ1) is 14.1. The van der Waals surface area contributed by atoms with Crippen molar-refractivity contribution in [2.75, 3.05) is 5.75 Å². The smallest absolute Gasteiger partial charge is 0.191 e. The molecule has 3 rings (SSSR count). The lowest BCUT2D eigenvalue weighted by molar-refractivity contribution is 0.102. The maximum atomic E-state index is 12.1. The second kappa shape index (κ2) is 5.85. The quantitative estimate of drug-likeness (QED) is 0.440. The van der Waals surface area contributed by atoms with Gasteiger partial charge in [-0.25, -0.2) is 0 Å². The highest BCUT2D eigenvalue weighted by Crippen LogP contribution is 2.39. The van der Waals surface area contributed by atoms with Crippen molar-refractivity contribution in [2.45, 2.75) is 23.9 Å². The molecule has 1 fully saturated rings. The van der Waals surface area contributed by atoms with Crippen molar-refractivity contribution < 1.29 is 4.79 Å². The maximum absolute atomic E-state index is 12.1. The summed E-state index contributed by atoms with van der Waals surface area (Å²) in [6, 6.07) is 7.64. The van der Waals surface area contributed by atoms with Crippen LogP contribution in [0.2, 0.25) is 0 Å². The molecule has 1 saturated carbocycles. The highest BCUT2D eigenvalue weighted by atomic mass is 127. The Kier molecular flexibility index (Phi) is 4.11. The first-order valence-electron chi connectivity index (χ1n) is 6.46. The number of carbonyl (C=O) groups is 1. The van der Waals surface area contributed by atoms with Crippen molar-refractivity contribution in [3.63, 3.8) is 0 Å². The second-order valence-corrected chi connectivity index (χ2v) is 7.08. The average Bonchev–Trinajstić information content (AvgIpc) is 3.22. The summed E-state index contributed by atoms with van der Waals surface area (Å²) < 4.78 is 3.15. The summed E-state index contributed by atoms with van der Waals surface area (Å²) in [6.07, 6.45) is 2.41. The van der Waals surface area contributed by atoms with Crippen LogP contribution in [0.25, 0.3) is 0 Å². The van der Waals surface area contributed by atoms with Gasteiger partial charge in [-0.1, -0.05) is 23.9 Å². The predicted molar refractivity (Wildman–Crippen MR) is 87.2 cm³/mol. The fourth-order valence-electron chi connectivity index (χ4n) is 2.00. The maximum Gasteiger partial charge on any atom is 0.191 e. The Morgan fingerprint density at radius 2 is 2.05 bits per heavy atom. The molecule has 20 heavy (non-hydrogen) atoms. The summed E-state index contributed by atoms with van der Waals surface area (Å²) in [7, 11) is 1.98. The zero-order valence-corrected chi connectivity index (χ0v) is 14.0. The Labute approximate surface area is 135 Å². The molecule has 0 bridgehead atoms. The number of hydrogen-bond donors (Lipinski definition) is 0. The number of Topliss-reactive ketones (excluding diaryl/α,β-unsaturated/α-hetero) is 1. The van der Waals surface area contributed by atoms with Gasteiger partial charge in [0.15, 0.2) is 10.9 Å². The van der Waals surface area contributed by atoms with E-state index in [9.17, 15) is 4.79 Å². The molecular weight excluding hydrogens is 385 g/mol. The van der Waals surface area contributed by atoms with E-state index < -0.39 is 0 Å². The molecule has 1 aliphatic carbocycles. The molecule has 104 valence electrons. The van der Waals surface area contributed by atoms with Crippen LogP contribution in [-0.4, -0.2) is 26.3 Å². The third-order valence-corrected chi connectivity index (χ3v) is 5.05. The van der Waals surface area contributed by atoms with E-state index in [2.05, 4.69) is 32.8 Å². The van der Waals surface area contributed by atoms with Gasteiger partial charge in [-0.15, -0.1) is 10.2 Å². The molecule has 0 radical (unpaired) electrons.